The van der Waals surface area contributed by atoms with Crippen LogP contribution in [0.25, 0.3) is 0 Å². The second-order valence-electron chi connectivity index (χ2n) is 3.00. The van der Waals surface area contributed by atoms with Crippen LogP contribution < -0.4 is 0 Å². The van der Waals surface area contributed by atoms with Gasteiger partial charge in [0.25, 0.3) is 0 Å². The van der Waals surface area contributed by atoms with E-state index >= 15 is 0 Å². The van der Waals surface area contributed by atoms with Gasteiger partial charge in [0.2, 0.25) is 0 Å². The van der Waals surface area contributed by atoms with Gasteiger partial charge in [0, 0.05) is 21.1 Å². The maximum absolute atomic E-state index is 2.19. The maximum atomic E-state index is 2.19. The Labute approximate surface area is 54.6 Å². The molecule has 0 aliphatic carbocycles. The Hall–Kier alpha value is 0.688. The number of hydrogen-bond acceptors (Lipinski definition) is 0. The normalized spacial score (nSPS) is 10.0. The molecule has 0 nitrogen and oxygen atoms in total. The van der Waals surface area contributed by atoms with E-state index in [9.17, 15) is 0 Å². The summed E-state index contributed by atoms with van der Waals surface area (Å²) in [6.07, 6.45) is 0. The van der Waals surface area contributed by atoms with Gasteiger partial charge in [-0.2, -0.15) is 0 Å². The van der Waals surface area contributed by atoms with Crippen molar-refractivity contribution >= 4 is 0 Å². The monoisotopic (exact) mass is 267 g/mol. The summed E-state index contributed by atoms with van der Waals surface area (Å²) in [6, 6.07) is 0. The third-order valence-corrected chi connectivity index (χ3v) is 0. The molecule has 0 saturated carbocycles. The predicted molar refractivity (Wildman–Crippen MR) is 25.1 cm³/mol. The Morgan fingerprint density at radius 2 is 0.833 bits per heavy atom. The molecule has 0 fully saturated rings. The van der Waals surface area contributed by atoms with Gasteiger partial charge in [-0.25, -0.2) is 0 Å². The van der Waals surface area contributed by atoms with E-state index < -0.39 is 0 Å². The van der Waals surface area contributed by atoms with Gasteiger partial charge in [-0.1, -0.05) is 27.7 Å². The van der Waals surface area contributed by atoms with Gasteiger partial charge < -0.3 is 0 Å². The zero-order chi connectivity index (χ0) is 4.50. The molecule has 0 saturated heterocycles. The quantitative estimate of drug-likeness (QED) is 0.630. The molecule has 0 heterocycles. The minimum absolute atomic E-state index is 0. The Morgan fingerprint density at radius 3 is 0.833 bits per heavy atom. The molecule has 0 N–H and O–H groups in total. The standard InChI is InChI=1S/C5H12.Pt/c1-5(2,3)4;/h1-4H3;. The van der Waals surface area contributed by atoms with E-state index in [1.54, 1.807) is 0 Å². The first-order valence-electron chi connectivity index (χ1n) is 2.00. The average molecular weight is 267 g/mol. The van der Waals surface area contributed by atoms with Crippen molar-refractivity contribution in [2.24, 2.45) is 5.41 Å². The molecular formula is C5H12Pt. The van der Waals surface area contributed by atoms with Crippen molar-refractivity contribution in [3.05, 3.63) is 0 Å². The maximum Gasteiger partial charge on any atom is 0 e. The van der Waals surface area contributed by atoms with Crippen molar-refractivity contribution in [2.75, 3.05) is 0 Å². The predicted octanol–water partition coefficient (Wildman–Crippen LogP) is 2.05. The summed E-state index contributed by atoms with van der Waals surface area (Å²) in [5, 5.41) is 0. The van der Waals surface area contributed by atoms with Gasteiger partial charge in [0.15, 0.2) is 0 Å². The molecule has 0 aromatic heterocycles. The van der Waals surface area contributed by atoms with Crippen LogP contribution in [-0.4, -0.2) is 0 Å². The first-order chi connectivity index (χ1) is 2.00. The summed E-state index contributed by atoms with van der Waals surface area (Å²) >= 11 is 0. The Bertz CT molecular complexity index is 19.4. The fourth-order valence-electron chi connectivity index (χ4n) is 0. The van der Waals surface area contributed by atoms with Gasteiger partial charge in [-0.3, -0.25) is 0 Å². The van der Waals surface area contributed by atoms with Crippen LogP contribution in [0.4, 0.5) is 0 Å². The van der Waals surface area contributed by atoms with Crippen molar-refractivity contribution in [1.29, 1.82) is 0 Å². The minimum atomic E-state index is 0. The molecule has 0 aromatic rings. The molecule has 42 valence electrons. The van der Waals surface area contributed by atoms with Crippen LogP contribution in [0.2, 0.25) is 0 Å². The van der Waals surface area contributed by atoms with E-state index in [1.165, 1.54) is 0 Å². The molecule has 0 radical (unpaired) electrons. The fraction of sp³-hybridized carbons (Fsp3) is 1.00. The fourth-order valence-corrected chi connectivity index (χ4v) is 0. The van der Waals surface area contributed by atoms with Crippen LogP contribution >= 0.6 is 0 Å². The van der Waals surface area contributed by atoms with Crippen LogP contribution in [0.15, 0.2) is 0 Å². The van der Waals surface area contributed by atoms with Crippen molar-refractivity contribution in [3.8, 4) is 0 Å². The largest absolute Gasteiger partial charge is 0.0604 e. The second-order valence-corrected chi connectivity index (χ2v) is 3.00. The Balaban J connectivity index is 0. The van der Waals surface area contributed by atoms with Gasteiger partial charge in [-0.15, -0.1) is 0 Å². The van der Waals surface area contributed by atoms with E-state index in [-0.39, 0.29) is 21.1 Å². The van der Waals surface area contributed by atoms with Crippen molar-refractivity contribution in [3.63, 3.8) is 0 Å². The van der Waals surface area contributed by atoms with E-state index in [1.807, 2.05) is 0 Å². The molecule has 0 aliphatic heterocycles. The molecule has 0 atom stereocenters. The van der Waals surface area contributed by atoms with Crippen LogP contribution in [0.3, 0.4) is 0 Å². The molecule has 0 aliphatic rings. The molecule has 0 rings (SSSR count). The van der Waals surface area contributed by atoms with E-state index in [4.69, 9.17) is 0 Å². The van der Waals surface area contributed by atoms with Crippen LogP contribution in [0, 0.1) is 5.41 Å². The van der Waals surface area contributed by atoms with E-state index in [2.05, 4.69) is 27.7 Å². The molecule has 6 heavy (non-hydrogen) atoms. The van der Waals surface area contributed by atoms with Gasteiger partial charge in [0.1, 0.15) is 0 Å². The van der Waals surface area contributed by atoms with Gasteiger partial charge >= 0.3 is 0 Å². The number of rotatable bonds is 0. The summed E-state index contributed by atoms with van der Waals surface area (Å²) in [4.78, 5) is 0. The van der Waals surface area contributed by atoms with Gasteiger partial charge in [-0.05, 0) is 5.41 Å². The molecule has 0 bridgehead atoms. The van der Waals surface area contributed by atoms with Crippen LogP contribution in [0.1, 0.15) is 27.7 Å². The minimum Gasteiger partial charge on any atom is -0.0604 e. The van der Waals surface area contributed by atoms with Crippen molar-refractivity contribution in [2.45, 2.75) is 27.7 Å². The summed E-state index contributed by atoms with van der Waals surface area (Å²) in [6.45, 7) is 8.75. The summed E-state index contributed by atoms with van der Waals surface area (Å²) in [5.41, 5.74) is 0.500. The van der Waals surface area contributed by atoms with E-state index in [0.29, 0.717) is 5.41 Å². The molecule has 0 unspecified atom stereocenters. The summed E-state index contributed by atoms with van der Waals surface area (Å²) in [5.74, 6) is 0. The second kappa shape index (κ2) is 2.80. The smallest absolute Gasteiger partial charge is 0 e. The molecule has 0 aromatic carbocycles. The molecule has 1 heteroatoms. The van der Waals surface area contributed by atoms with Gasteiger partial charge in [0.05, 0.1) is 0 Å². The zero-order valence-electron chi connectivity index (χ0n) is 4.82. The summed E-state index contributed by atoms with van der Waals surface area (Å²) < 4.78 is 0. The molecular weight excluding hydrogens is 255 g/mol. The summed E-state index contributed by atoms with van der Waals surface area (Å²) in [7, 11) is 0. The SMILES string of the molecule is CC(C)(C)C.[Pt]. The number of hydrogen-bond donors (Lipinski definition) is 0. The van der Waals surface area contributed by atoms with Crippen LogP contribution in [0.5, 0.6) is 0 Å². The zero-order valence-corrected chi connectivity index (χ0v) is 7.09. The Kier molecular flexibility index (Phi) is 4.59. The Morgan fingerprint density at radius 1 is 0.833 bits per heavy atom. The van der Waals surface area contributed by atoms with E-state index in [0.717, 1.165) is 0 Å². The van der Waals surface area contributed by atoms with Crippen molar-refractivity contribution < 1.29 is 21.1 Å². The average Bonchev–Trinajstić information content (AvgIpc) is 0.722. The first kappa shape index (κ1) is 9.85. The first-order valence-corrected chi connectivity index (χ1v) is 2.00. The molecule has 0 amide bonds. The van der Waals surface area contributed by atoms with Crippen molar-refractivity contribution in [1.82, 2.24) is 0 Å². The molecule has 0 spiro atoms. The topological polar surface area (TPSA) is 0 Å². The third-order valence-electron chi connectivity index (χ3n) is 0. The third kappa shape index (κ3) is 135. The van der Waals surface area contributed by atoms with Crippen LogP contribution in [-0.2, 0) is 21.1 Å².